The molecule has 1 saturated heterocycles. The van der Waals surface area contributed by atoms with Gasteiger partial charge in [-0.3, -0.25) is 4.79 Å². The fourth-order valence-corrected chi connectivity index (χ4v) is 3.07. The van der Waals surface area contributed by atoms with Crippen molar-refractivity contribution in [1.29, 1.82) is 0 Å². The van der Waals surface area contributed by atoms with E-state index in [-0.39, 0.29) is 24.8 Å². The van der Waals surface area contributed by atoms with Crippen molar-refractivity contribution >= 4 is 17.7 Å². The summed E-state index contributed by atoms with van der Waals surface area (Å²) in [6.45, 7) is 3.20. The van der Waals surface area contributed by atoms with Gasteiger partial charge in [0.15, 0.2) is 11.6 Å². The van der Waals surface area contributed by atoms with Gasteiger partial charge in [0.05, 0.1) is 32.2 Å². The molecule has 0 spiro atoms. The van der Waals surface area contributed by atoms with Crippen LogP contribution in [0.5, 0.6) is 0 Å². The number of hydrogen-bond acceptors (Lipinski definition) is 8. The molecule has 1 aromatic carbocycles. The molecule has 0 saturated carbocycles. The number of nitrogens with one attached hydrogen (secondary N) is 2. The van der Waals surface area contributed by atoms with E-state index < -0.39 is 5.82 Å². The van der Waals surface area contributed by atoms with Crippen LogP contribution in [0.15, 0.2) is 42.7 Å². The van der Waals surface area contributed by atoms with Gasteiger partial charge in [-0.25, -0.2) is 14.1 Å². The van der Waals surface area contributed by atoms with Gasteiger partial charge in [0.25, 0.3) is 0 Å². The number of benzene rings is 1. The van der Waals surface area contributed by atoms with Gasteiger partial charge in [-0.1, -0.05) is 35.5 Å². The van der Waals surface area contributed by atoms with Gasteiger partial charge in [-0.05, 0) is 5.56 Å². The molecule has 2 N–H and O–H groups in total. The molecule has 10 nitrogen and oxygen atoms in total. The zero-order chi connectivity index (χ0) is 21.5. The zero-order valence-corrected chi connectivity index (χ0v) is 16.9. The molecule has 0 unspecified atom stereocenters. The van der Waals surface area contributed by atoms with Crippen LogP contribution in [0.1, 0.15) is 11.3 Å². The number of rotatable bonds is 8. The van der Waals surface area contributed by atoms with E-state index in [1.54, 1.807) is 6.20 Å². The predicted molar refractivity (Wildman–Crippen MR) is 111 cm³/mol. The highest BCUT2D eigenvalue weighted by Crippen LogP contribution is 2.16. The largest absolute Gasteiger partial charge is 0.378 e. The number of nitrogens with zero attached hydrogens (tertiary/aromatic N) is 6. The van der Waals surface area contributed by atoms with E-state index in [1.807, 2.05) is 35.2 Å². The number of ether oxygens (including phenoxy) is 1. The predicted octanol–water partition coefficient (Wildman–Crippen LogP) is 0.972. The number of amides is 1. The summed E-state index contributed by atoms with van der Waals surface area (Å²) in [4.78, 5) is 22.4. The van der Waals surface area contributed by atoms with Gasteiger partial charge in [-0.2, -0.15) is 4.98 Å². The summed E-state index contributed by atoms with van der Waals surface area (Å²) in [6.07, 6.45) is 2.78. The molecule has 1 aliphatic rings. The van der Waals surface area contributed by atoms with Gasteiger partial charge < -0.3 is 20.3 Å². The standard InChI is InChI=1S/C20H23FN8O2/c21-17-12-24-20(28-6-8-31-9-7-28)25-19(17)23-11-16-13-29(27-26-16)14-18(30)22-10-15-4-2-1-3-5-15/h1-5,12-13H,6-11,14H2,(H,22,30)(H,23,24,25). The third-order valence-electron chi connectivity index (χ3n) is 4.69. The number of halogens is 1. The van der Waals surface area contributed by atoms with Crippen LogP contribution in [0.4, 0.5) is 16.2 Å². The maximum Gasteiger partial charge on any atom is 0.242 e. The van der Waals surface area contributed by atoms with Gasteiger partial charge in [0.2, 0.25) is 11.9 Å². The van der Waals surface area contributed by atoms with Crippen LogP contribution >= 0.6 is 0 Å². The van der Waals surface area contributed by atoms with Crippen LogP contribution in [0.25, 0.3) is 0 Å². The van der Waals surface area contributed by atoms with Gasteiger partial charge >= 0.3 is 0 Å². The topological polar surface area (TPSA) is 110 Å². The first kappa shape index (κ1) is 20.7. The van der Waals surface area contributed by atoms with Crippen molar-refractivity contribution in [2.24, 2.45) is 0 Å². The molecule has 0 atom stereocenters. The number of morpholine rings is 1. The molecule has 0 radical (unpaired) electrons. The lowest BCUT2D eigenvalue weighted by atomic mass is 10.2. The molecule has 3 heterocycles. The Morgan fingerprint density at radius 3 is 2.77 bits per heavy atom. The molecule has 0 aliphatic carbocycles. The Bertz CT molecular complexity index is 1010. The van der Waals surface area contributed by atoms with Crippen molar-refractivity contribution in [3.05, 3.63) is 59.8 Å². The molecule has 1 amide bonds. The lowest BCUT2D eigenvalue weighted by Gasteiger charge is -2.26. The molecule has 162 valence electrons. The van der Waals surface area contributed by atoms with Gasteiger partial charge in [-0.15, -0.1) is 5.10 Å². The second-order valence-corrected chi connectivity index (χ2v) is 6.99. The summed E-state index contributed by atoms with van der Waals surface area (Å²) in [5, 5.41) is 13.7. The zero-order valence-electron chi connectivity index (χ0n) is 16.9. The molecular weight excluding hydrogens is 403 g/mol. The minimum Gasteiger partial charge on any atom is -0.378 e. The van der Waals surface area contributed by atoms with E-state index in [0.717, 1.165) is 11.8 Å². The Morgan fingerprint density at radius 1 is 1.16 bits per heavy atom. The van der Waals surface area contributed by atoms with Gasteiger partial charge in [0.1, 0.15) is 12.2 Å². The summed E-state index contributed by atoms with van der Waals surface area (Å²) < 4.78 is 20.9. The number of hydrogen-bond donors (Lipinski definition) is 2. The summed E-state index contributed by atoms with van der Waals surface area (Å²) >= 11 is 0. The van der Waals surface area contributed by atoms with E-state index in [0.29, 0.717) is 44.5 Å². The van der Waals surface area contributed by atoms with E-state index in [2.05, 4.69) is 30.9 Å². The average molecular weight is 426 g/mol. The molecule has 1 fully saturated rings. The number of aromatic nitrogens is 5. The number of carbonyl (C=O) groups is 1. The molecule has 4 rings (SSSR count). The van der Waals surface area contributed by atoms with E-state index in [9.17, 15) is 9.18 Å². The van der Waals surface area contributed by atoms with Crippen molar-refractivity contribution in [2.45, 2.75) is 19.6 Å². The van der Waals surface area contributed by atoms with Crippen LogP contribution in [0, 0.1) is 5.82 Å². The van der Waals surface area contributed by atoms with Gasteiger partial charge in [0, 0.05) is 19.6 Å². The average Bonchev–Trinajstić information content (AvgIpc) is 3.25. The Kier molecular flexibility index (Phi) is 6.62. The van der Waals surface area contributed by atoms with Crippen LogP contribution in [-0.4, -0.2) is 57.2 Å². The summed E-state index contributed by atoms with van der Waals surface area (Å²) in [5.41, 5.74) is 1.57. The third-order valence-corrected chi connectivity index (χ3v) is 4.69. The monoisotopic (exact) mass is 426 g/mol. The Hall–Kier alpha value is -3.60. The smallest absolute Gasteiger partial charge is 0.242 e. The van der Waals surface area contributed by atoms with Crippen LogP contribution in [0.3, 0.4) is 0 Å². The molecular formula is C20H23FN8O2. The van der Waals surface area contributed by atoms with Crippen molar-refractivity contribution in [1.82, 2.24) is 30.3 Å². The molecule has 11 heteroatoms. The normalized spacial score (nSPS) is 13.8. The highest BCUT2D eigenvalue weighted by Gasteiger charge is 2.16. The molecule has 3 aromatic rings. The third kappa shape index (κ3) is 5.72. The lowest BCUT2D eigenvalue weighted by molar-refractivity contribution is -0.122. The summed E-state index contributed by atoms with van der Waals surface area (Å²) in [6, 6.07) is 9.64. The lowest BCUT2D eigenvalue weighted by Crippen LogP contribution is -2.37. The summed E-state index contributed by atoms with van der Waals surface area (Å²) in [7, 11) is 0. The fourth-order valence-electron chi connectivity index (χ4n) is 3.07. The Balaban J connectivity index is 1.29. The fraction of sp³-hybridized carbons (Fsp3) is 0.350. The highest BCUT2D eigenvalue weighted by molar-refractivity contribution is 5.75. The van der Waals surface area contributed by atoms with E-state index >= 15 is 0 Å². The molecule has 1 aliphatic heterocycles. The van der Waals surface area contributed by atoms with Crippen molar-refractivity contribution < 1.29 is 13.9 Å². The van der Waals surface area contributed by atoms with E-state index in [4.69, 9.17) is 4.74 Å². The summed E-state index contributed by atoms with van der Waals surface area (Å²) in [5.74, 6) is -0.187. The number of carbonyl (C=O) groups excluding carboxylic acids is 1. The quantitative estimate of drug-likeness (QED) is 0.548. The van der Waals surface area contributed by atoms with Crippen LogP contribution in [0.2, 0.25) is 0 Å². The molecule has 2 aromatic heterocycles. The SMILES string of the molecule is O=C(Cn1cc(CNc2nc(N3CCOCC3)ncc2F)nn1)NCc1ccccc1. The van der Waals surface area contributed by atoms with Crippen LogP contribution < -0.4 is 15.5 Å². The molecule has 31 heavy (non-hydrogen) atoms. The Morgan fingerprint density at radius 2 is 1.97 bits per heavy atom. The van der Waals surface area contributed by atoms with E-state index in [1.165, 1.54) is 4.68 Å². The second kappa shape index (κ2) is 9.94. The van der Waals surface area contributed by atoms with Crippen molar-refractivity contribution in [3.63, 3.8) is 0 Å². The van der Waals surface area contributed by atoms with Crippen molar-refractivity contribution in [2.75, 3.05) is 36.5 Å². The maximum absolute atomic E-state index is 14.1. The minimum atomic E-state index is -0.551. The highest BCUT2D eigenvalue weighted by atomic mass is 19.1. The Labute approximate surface area is 178 Å². The minimum absolute atomic E-state index is 0.0445. The van der Waals surface area contributed by atoms with Crippen LogP contribution in [-0.2, 0) is 29.2 Å². The second-order valence-electron chi connectivity index (χ2n) is 6.99. The number of anilines is 2. The van der Waals surface area contributed by atoms with Crippen molar-refractivity contribution in [3.8, 4) is 0 Å². The molecule has 0 bridgehead atoms. The first-order valence-electron chi connectivity index (χ1n) is 9.96. The maximum atomic E-state index is 14.1. The first-order valence-corrected chi connectivity index (χ1v) is 9.96. The first-order chi connectivity index (χ1) is 15.2.